The van der Waals surface area contributed by atoms with Crippen LogP contribution in [0.5, 0.6) is 0 Å². The minimum absolute atomic E-state index is 0.0581. The van der Waals surface area contributed by atoms with E-state index in [0.29, 0.717) is 13.0 Å². The van der Waals surface area contributed by atoms with Crippen LogP contribution in [0.2, 0.25) is 0 Å². The molecule has 8 nitrogen and oxygen atoms in total. The molecule has 1 spiro atoms. The Balaban J connectivity index is 1.47. The van der Waals surface area contributed by atoms with Gasteiger partial charge in [-0.15, -0.1) is 0 Å². The fraction of sp³-hybridized carbons (Fsp3) is 0.882. The molecule has 0 bridgehead atoms. The van der Waals surface area contributed by atoms with Crippen molar-refractivity contribution >= 4 is 21.7 Å². The van der Waals surface area contributed by atoms with E-state index in [1.165, 1.54) is 0 Å². The maximum Gasteiger partial charge on any atom is 0.222 e. The van der Waals surface area contributed by atoms with E-state index in [1.807, 2.05) is 6.92 Å². The van der Waals surface area contributed by atoms with E-state index >= 15 is 0 Å². The molecular weight excluding hydrogens is 356 g/mol. The molecule has 0 aliphatic carbocycles. The zero-order valence-electron chi connectivity index (χ0n) is 15.5. The Morgan fingerprint density at radius 3 is 2.88 bits per heavy atom. The zero-order valence-corrected chi connectivity index (χ0v) is 16.3. The van der Waals surface area contributed by atoms with Crippen LogP contribution in [-0.2, 0) is 19.4 Å². The van der Waals surface area contributed by atoms with Crippen molar-refractivity contribution in [2.75, 3.05) is 50.9 Å². The molecule has 2 unspecified atom stereocenters. The van der Waals surface area contributed by atoms with E-state index in [4.69, 9.17) is 4.74 Å². The standard InChI is InChI=1S/C17H30N4O4S/c1-2-18-16(21-8-5-17(12-21)6-9-25-13-17)19-7-3-15(22)20-14-4-10-26(23,24)11-14/h14H,2-13H2,1H3,(H,18,19)(H,20,22). The topological polar surface area (TPSA) is 100 Å². The van der Waals surface area contributed by atoms with E-state index in [0.717, 1.165) is 51.6 Å². The van der Waals surface area contributed by atoms with Crippen molar-refractivity contribution < 1.29 is 17.9 Å². The molecule has 26 heavy (non-hydrogen) atoms. The third-order valence-corrected chi connectivity index (χ3v) is 7.22. The SMILES string of the molecule is CCNC(=NCCC(=O)NC1CCS(=O)(=O)C1)N1CCC2(CCOC2)C1. The number of carbonyl (C=O) groups excluding carboxylic acids is 1. The number of aliphatic imine (C=N–C) groups is 1. The smallest absolute Gasteiger partial charge is 0.222 e. The molecule has 3 heterocycles. The van der Waals surface area contributed by atoms with Crippen LogP contribution in [0, 0.1) is 5.41 Å². The largest absolute Gasteiger partial charge is 0.381 e. The van der Waals surface area contributed by atoms with Crippen molar-refractivity contribution in [1.82, 2.24) is 15.5 Å². The molecule has 2 N–H and O–H groups in total. The lowest BCUT2D eigenvalue weighted by Gasteiger charge is -2.25. The number of amides is 1. The molecule has 0 radical (unpaired) electrons. The first-order valence-electron chi connectivity index (χ1n) is 9.52. The Morgan fingerprint density at radius 2 is 2.23 bits per heavy atom. The molecule has 148 valence electrons. The van der Waals surface area contributed by atoms with Crippen LogP contribution < -0.4 is 10.6 Å². The molecule has 3 aliphatic heterocycles. The maximum atomic E-state index is 12.0. The van der Waals surface area contributed by atoms with Crippen molar-refractivity contribution in [3.8, 4) is 0 Å². The van der Waals surface area contributed by atoms with Gasteiger partial charge in [0.15, 0.2) is 15.8 Å². The average molecular weight is 387 g/mol. The van der Waals surface area contributed by atoms with Crippen LogP contribution in [0.15, 0.2) is 4.99 Å². The van der Waals surface area contributed by atoms with E-state index in [9.17, 15) is 13.2 Å². The number of rotatable bonds is 5. The van der Waals surface area contributed by atoms with Crippen molar-refractivity contribution in [3.63, 3.8) is 0 Å². The number of hydrogen-bond donors (Lipinski definition) is 2. The second kappa shape index (κ2) is 8.12. The number of nitrogens with zero attached hydrogens (tertiary/aromatic N) is 2. The highest BCUT2D eigenvalue weighted by molar-refractivity contribution is 7.91. The third-order valence-electron chi connectivity index (χ3n) is 5.46. The molecule has 9 heteroatoms. The molecule has 3 saturated heterocycles. The number of ether oxygens (including phenoxy) is 1. The summed E-state index contributed by atoms with van der Waals surface area (Å²) in [6.45, 7) is 6.80. The first kappa shape index (κ1) is 19.4. The normalized spacial score (nSPS) is 30.9. The summed E-state index contributed by atoms with van der Waals surface area (Å²) in [5.74, 6) is 0.949. The van der Waals surface area contributed by atoms with Gasteiger partial charge in [-0.25, -0.2) is 8.42 Å². The van der Waals surface area contributed by atoms with E-state index in [1.54, 1.807) is 0 Å². The Labute approximate surface area is 155 Å². The second-order valence-electron chi connectivity index (χ2n) is 7.63. The maximum absolute atomic E-state index is 12.0. The summed E-state index contributed by atoms with van der Waals surface area (Å²) in [7, 11) is -2.97. The summed E-state index contributed by atoms with van der Waals surface area (Å²) >= 11 is 0. The van der Waals surface area contributed by atoms with Crippen LogP contribution >= 0.6 is 0 Å². The monoisotopic (exact) mass is 386 g/mol. The summed E-state index contributed by atoms with van der Waals surface area (Å²) in [5, 5.41) is 6.12. The van der Waals surface area contributed by atoms with Crippen LogP contribution in [-0.4, -0.2) is 82.1 Å². The molecule has 3 fully saturated rings. The lowest BCUT2D eigenvalue weighted by molar-refractivity contribution is -0.121. The Kier molecular flexibility index (Phi) is 6.06. The lowest BCUT2D eigenvalue weighted by atomic mass is 9.87. The Morgan fingerprint density at radius 1 is 1.38 bits per heavy atom. The molecule has 0 saturated carbocycles. The predicted molar refractivity (Wildman–Crippen MR) is 99.9 cm³/mol. The summed E-state index contributed by atoms with van der Waals surface area (Å²) in [6.07, 6.45) is 3.01. The first-order valence-corrected chi connectivity index (χ1v) is 11.3. The van der Waals surface area contributed by atoms with Gasteiger partial charge in [-0.05, 0) is 26.2 Å². The van der Waals surface area contributed by atoms with Gasteiger partial charge in [0.25, 0.3) is 0 Å². The summed E-state index contributed by atoms with van der Waals surface area (Å²) < 4.78 is 28.5. The number of likely N-dealkylation sites (tertiary alicyclic amines) is 1. The highest BCUT2D eigenvalue weighted by Gasteiger charge is 2.42. The quantitative estimate of drug-likeness (QED) is 0.500. The lowest BCUT2D eigenvalue weighted by Crippen LogP contribution is -2.41. The van der Waals surface area contributed by atoms with E-state index in [-0.39, 0.29) is 35.3 Å². The molecule has 3 aliphatic rings. The summed E-state index contributed by atoms with van der Waals surface area (Å²) in [5.41, 5.74) is 0.265. The second-order valence-corrected chi connectivity index (χ2v) is 9.86. The molecule has 0 aromatic carbocycles. The van der Waals surface area contributed by atoms with Crippen LogP contribution in [0.4, 0.5) is 0 Å². The van der Waals surface area contributed by atoms with Gasteiger partial charge in [-0.2, -0.15) is 0 Å². The molecule has 1 amide bonds. The molecule has 0 aromatic rings. The molecule has 2 atom stereocenters. The predicted octanol–water partition coefficient (Wildman–Crippen LogP) is -0.242. The summed E-state index contributed by atoms with van der Waals surface area (Å²) in [4.78, 5) is 18.9. The van der Waals surface area contributed by atoms with Gasteiger partial charge in [0.05, 0.1) is 24.7 Å². The fourth-order valence-electron chi connectivity index (χ4n) is 3.99. The van der Waals surface area contributed by atoms with Gasteiger partial charge in [0.2, 0.25) is 5.91 Å². The Bertz CT molecular complexity index is 643. The minimum atomic E-state index is -2.97. The highest BCUT2D eigenvalue weighted by atomic mass is 32.2. The number of sulfone groups is 1. The van der Waals surface area contributed by atoms with Gasteiger partial charge in [0.1, 0.15) is 0 Å². The number of hydrogen-bond acceptors (Lipinski definition) is 5. The number of carbonyl (C=O) groups is 1. The molecule has 0 aromatic heterocycles. The molecule has 3 rings (SSSR count). The molecular formula is C17H30N4O4S. The van der Waals surface area contributed by atoms with Gasteiger partial charge >= 0.3 is 0 Å². The summed E-state index contributed by atoms with van der Waals surface area (Å²) in [6, 6.07) is -0.245. The van der Waals surface area contributed by atoms with Crippen LogP contribution in [0.3, 0.4) is 0 Å². The van der Waals surface area contributed by atoms with Gasteiger partial charge < -0.3 is 20.3 Å². The van der Waals surface area contributed by atoms with Crippen molar-refractivity contribution in [2.45, 2.75) is 38.6 Å². The van der Waals surface area contributed by atoms with E-state index < -0.39 is 9.84 Å². The van der Waals surface area contributed by atoms with Crippen molar-refractivity contribution in [3.05, 3.63) is 0 Å². The third kappa shape index (κ3) is 4.88. The zero-order chi connectivity index (χ0) is 18.6. The fourth-order valence-corrected chi connectivity index (χ4v) is 5.66. The first-order chi connectivity index (χ1) is 12.4. The van der Waals surface area contributed by atoms with Crippen molar-refractivity contribution in [2.24, 2.45) is 10.4 Å². The van der Waals surface area contributed by atoms with Crippen LogP contribution in [0.25, 0.3) is 0 Å². The van der Waals surface area contributed by atoms with Gasteiger partial charge in [0, 0.05) is 44.1 Å². The van der Waals surface area contributed by atoms with Crippen molar-refractivity contribution in [1.29, 1.82) is 0 Å². The van der Waals surface area contributed by atoms with Crippen LogP contribution in [0.1, 0.15) is 32.6 Å². The van der Waals surface area contributed by atoms with E-state index in [2.05, 4.69) is 20.5 Å². The highest BCUT2D eigenvalue weighted by Crippen LogP contribution is 2.38. The van der Waals surface area contributed by atoms with Gasteiger partial charge in [-0.1, -0.05) is 0 Å². The number of nitrogens with one attached hydrogen (secondary N) is 2. The minimum Gasteiger partial charge on any atom is -0.381 e. The number of guanidine groups is 1. The average Bonchev–Trinajstić information content (AvgIpc) is 3.29. The van der Waals surface area contributed by atoms with Gasteiger partial charge in [-0.3, -0.25) is 9.79 Å². The Hall–Kier alpha value is -1.35.